The van der Waals surface area contributed by atoms with E-state index < -0.39 is 71.4 Å². The van der Waals surface area contributed by atoms with E-state index in [-0.39, 0.29) is 37.3 Å². The summed E-state index contributed by atoms with van der Waals surface area (Å²) < 4.78 is 11.6. The van der Waals surface area contributed by atoms with Crippen LogP contribution in [0.1, 0.15) is 99.0 Å². The molecule has 342 valence electrons. The molecule has 1 aromatic rings. The van der Waals surface area contributed by atoms with Crippen molar-refractivity contribution in [1.29, 1.82) is 0 Å². The number of benzene rings is 1. The van der Waals surface area contributed by atoms with Crippen molar-refractivity contribution in [1.82, 2.24) is 20.0 Å². The topological polar surface area (TPSA) is 207 Å². The van der Waals surface area contributed by atoms with Crippen LogP contribution in [-0.2, 0) is 35.1 Å². The number of methoxy groups -OCH3 is 1. The van der Waals surface area contributed by atoms with Crippen LogP contribution >= 0.6 is 11.8 Å². The second kappa shape index (κ2) is 22.7. The SMILES string of the molecule is COc1ccc(C[C@@H]2NC(=O)/C(C)=C/[C@H]3CSC(=N3)[C@@H](C)[C@@H](O)C[C@H](C)C[C@@H](C(C)(C)C)OC(=O)[C@@H]3CCCN3C(=O)[C@H](CCCCN=[N+]=[N-])N(C)C(=O)[C@H](C)N(C)C2=O)cc1. The van der Waals surface area contributed by atoms with Gasteiger partial charge in [-0.25, -0.2) is 4.79 Å². The van der Waals surface area contributed by atoms with Crippen molar-refractivity contribution in [2.45, 2.75) is 142 Å². The van der Waals surface area contributed by atoms with Crippen LogP contribution in [0, 0.1) is 17.3 Å². The molecule has 0 unspecified atom stereocenters. The predicted molar refractivity (Wildman–Crippen MR) is 240 cm³/mol. The molecule has 4 amide bonds. The lowest BCUT2D eigenvalue weighted by atomic mass is 9.81. The van der Waals surface area contributed by atoms with E-state index in [0.717, 1.165) is 10.6 Å². The third kappa shape index (κ3) is 13.2. The second-order valence-electron chi connectivity index (χ2n) is 18.2. The third-order valence-electron chi connectivity index (χ3n) is 12.4. The number of esters is 1. The fourth-order valence-electron chi connectivity index (χ4n) is 8.18. The molecule has 0 spiro atoms. The summed E-state index contributed by atoms with van der Waals surface area (Å²) >= 11 is 1.55. The molecule has 1 saturated heterocycles. The summed E-state index contributed by atoms with van der Waals surface area (Å²) in [7, 11) is 4.58. The van der Waals surface area contributed by atoms with Crippen LogP contribution in [0.2, 0.25) is 0 Å². The number of unbranched alkanes of at least 4 members (excludes halogenated alkanes) is 1. The highest BCUT2D eigenvalue weighted by Crippen LogP contribution is 2.34. The number of fused-ring (bicyclic) bond motifs is 2. The summed E-state index contributed by atoms with van der Waals surface area (Å²) in [4.78, 5) is 83.2. The van der Waals surface area contributed by atoms with Crippen molar-refractivity contribution in [3.05, 3.63) is 51.9 Å². The molecule has 2 bridgehead atoms. The zero-order valence-electron chi connectivity index (χ0n) is 38.2. The maximum Gasteiger partial charge on any atom is 0.329 e. The van der Waals surface area contributed by atoms with E-state index in [4.69, 9.17) is 20.0 Å². The number of cyclic esters (lactones) is 1. The van der Waals surface area contributed by atoms with Gasteiger partial charge in [0, 0.05) is 55.8 Å². The zero-order valence-corrected chi connectivity index (χ0v) is 39.0. The number of azide groups is 1. The van der Waals surface area contributed by atoms with Crippen LogP contribution < -0.4 is 10.1 Å². The number of carbonyl (C=O) groups excluding carboxylic acids is 5. The second-order valence-corrected chi connectivity index (χ2v) is 19.3. The Morgan fingerprint density at radius 2 is 1.71 bits per heavy atom. The summed E-state index contributed by atoms with van der Waals surface area (Å²) in [6, 6.07) is 2.85. The van der Waals surface area contributed by atoms with Gasteiger partial charge in [0.15, 0.2) is 0 Å². The number of aliphatic hydroxyl groups is 1. The average molecular weight is 881 g/mol. The van der Waals surface area contributed by atoms with Gasteiger partial charge in [-0.1, -0.05) is 64.4 Å². The van der Waals surface area contributed by atoms with E-state index in [1.165, 1.54) is 28.8 Å². The van der Waals surface area contributed by atoms with Crippen LogP contribution in [0.3, 0.4) is 0 Å². The molecular formula is C45H68N8O8S. The molecule has 9 atom stereocenters. The molecule has 0 saturated carbocycles. The Hall–Kier alpha value is -4.60. The van der Waals surface area contributed by atoms with E-state index in [9.17, 15) is 29.1 Å². The summed E-state index contributed by atoms with van der Waals surface area (Å²) in [5.41, 5.74) is 9.50. The van der Waals surface area contributed by atoms with Crippen LogP contribution in [0.4, 0.5) is 0 Å². The normalized spacial score (nSPS) is 30.0. The Morgan fingerprint density at radius 1 is 1.02 bits per heavy atom. The number of hydrogen-bond donors (Lipinski definition) is 2. The van der Waals surface area contributed by atoms with E-state index in [2.05, 4.69) is 15.3 Å². The smallest absolute Gasteiger partial charge is 0.329 e. The number of likely N-dealkylation sites (N-methyl/N-ethyl adjacent to an activating group) is 2. The quantitative estimate of drug-likeness (QED) is 0.108. The fraction of sp³-hybridized carbons (Fsp3) is 0.689. The van der Waals surface area contributed by atoms with Crippen LogP contribution in [0.5, 0.6) is 5.75 Å². The lowest BCUT2D eigenvalue weighted by molar-refractivity contribution is -0.165. The van der Waals surface area contributed by atoms with Crippen LogP contribution in [0.15, 0.2) is 46.0 Å². The highest BCUT2D eigenvalue weighted by Gasteiger charge is 2.43. The Labute approximate surface area is 371 Å². The Bertz CT molecular complexity index is 1860. The van der Waals surface area contributed by atoms with Gasteiger partial charge in [-0.05, 0) is 86.9 Å². The van der Waals surface area contributed by atoms with Gasteiger partial charge in [0.1, 0.15) is 36.0 Å². The summed E-state index contributed by atoms with van der Waals surface area (Å²) in [5.74, 6) is -1.47. The number of nitrogens with one attached hydrogen (secondary N) is 1. The van der Waals surface area contributed by atoms with Gasteiger partial charge in [-0.15, -0.1) is 11.8 Å². The number of aliphatic hydroxyl groups excluding tert-OH is 1. The predicted octanol–water partition coefficient (Wildman–Crippen LogP) is 5.71. The standard InChI is InChI=1S/C45H68N8O8S/c1-27-22-37(54)29(3)40-48-32(26-62-40)24-28(2)39(55)49-34(25-31-16-18-33(60-10)19-17-31)42(57)51(8)30(4)41(56)52(9)35(14-11-12-20-47-50-46)43(58)53-21-13-15-36(53)44(59)61-38(23-27)45(5,6)7/h16-19,24,27,29-30,32,34-38,54H,11-15,20-23,25-26H2,1-10H3,(H,49,55)/b28-24+/t27-,29-,30-,32-,34-,35-,36-,37-,38-/m0/s1. The first kappa shape index (κ1) is 50.0. The molecule has 16 nitrogen and oxygen atoms in total. The van der Waals surface area contributed by atoms with E-state index in [0.29, 0.717) is 62.1 Å². The Morgan fingerprint density at radius 3 is 2.35 bits per heavy atom. The molecule has 1 fully saturated rings. The first-order valence-corrected chi connectivity index (χ1v) is 22.8. The van der Waals surface area contributed by atoms with Crippen molar-refractivity contribution in [2.24, 2.45) is 27.4 Å². The summed E-state index contributed by atoms with van der Waals surface area (Å²) in [5, 5.41) is 18.8. The first-order valence-electron chi connectivity index (χ1n) is 21.8. The van der Waals surface area contributed by atoms with Gasteiger partial charge in [-0.2, -0.15) is 0 Å². The fourth-order valence-corrected chi connectivity index (χ4v) is 9.32. The van der Waals surface area contributed by atoms with Gasteiger partial charge in [0.05, 0.1) is 24.3 Å². The van der Waals surface area contributed by atoms with Crippen LogP contribution in [-0.4, -0.2) is 137 Å². The number of amides is 4. The number of thioether (sulfide) groups is 1. The molecule has 3 aliphatic rings. The van der Waals surface area contributed by atoms with Gasteiger partial charge < -0.3 is 34.6 Å². The van der Waals surface area contributed by atoms with Crippen molar-refractivity contribution < 1.29 is 38.6 Å². The molecule has 4 rings (SSSR count). The number of ether oxygens (including phenoxy) is 2. The zero-order chi connectivity index (χ0) is 45.9. The van der Waals surface area contributed by atoms with Gasteiger partial charge in [0.2, 0.25) is 23.6 Å². The van der Waals surface area contributed by atoms with Crippen LogP contribution in [0.25, 0.3) is 10.4 Å². The molecule has 3 aliphatic heterocycles. The number of nitrogens with zero attached hydrogens (tertiary/aromatic N) is 7. The Balaban J connectivity index is 1.74. The molecule has 62 heavy (non-hydrogen) atoms. The molecule has 0 aliphatic carbocycles. The van der Waals surface area contributed by atoms with Crippen molar-refractivity contribution in [2.75, 3.05) is 40.0 Å². The maximum absolute atomic E-state index is 14.6. The van der Waals surface area contributed by atoms with Crippen molar-refractivity contribution in [3.8, 4) is 5.75 Å². The number of carbonyl (C=O) groups is 5. The van der Waals surface area contributed by atoms with Gasteiger partial charge in [-0.3, -0.25) is 24.2 Å². The minimum atomic E-state index is -1.07. The summed E-state index contributed by atoms with van der Waals surface area (Å²) in [6.45, 7) is 13.7. The molecule has 17 heteroatoms. The number of aliphatic imine (C=N–C) groups is 1. The number of rotatable bonds is 8. The minimum Gasteiger partial charge on any atom is -0.497 e. The molecular weight excluding hydrogens is 813 g/mol. The third-order valence-corrected chi connectivity index (χ3v) is 13.7. The number of hydrogen-bond acceptors (Lipinski definition) is 11. The Kier molecular flexibility index (Phi) is 18.3. The van der Waals surface area contributed by atoms with Crippen molar-refractivity contribution in [3.63, 3.8) is 0 Å². The highest BCUT2D eigenvalue weighted by molar-refractivity contribution is 8.14. The highest BCUT2D eigenvalue weighted by atomic mass is 32.2. The largest absolute Gasteiger partial charge is 0.497 e. The van der Waals surface area contributed by atoms with E-state index >= 15 is 0 Å². The van der Waals surface area contributed by atoms with Gasteiger partial charge >= 0.3 is 5.97 Å². The van der Waals surface area contributed by atoms with E-state index in [1.807, 2.05) is 46.8 Å². The molecule has 1 aromatic carbocycles. The van der Waals surface area contributed by atoms with Crippen molar-refractivity contribution >= 4 is 46.4 Å². The molecule has 0 aromatic heterocycles. The van der Waals surface area contributed by atoms with Gasteiger partial charge in [0.25, 0.3) is 0 Å². The maximum atomic E-state index is 14.6. The molecule has 2 N–H and O–H groups in total. The van der Waals surface area contributed by atoms with E-state index in [1.54, 1.807) is 50.9 Å². The first-order chi connectivity index (χ1) is 29.3. The molecule has 3 heterocycles. The average Bonchev–Trinajstić information content (AvgIpc) is 3.93. The minimum absolute atomic E-state index is 0.0306. The molecule has 0 radical (unpaired) electrons. The summed E-state index contributed by atoms with van der Waals surface area (Å²) in [6.07, 6.45) is 3.72. The monoisotopic (exact) mass is 880 g/mol. The lowest BCUT2D eigenvalue weighted by Gasteiger charge is -2.37. The lowest BCUT2D eigenvalue weighted by Crippen LogP contribution is -2.58.